The number of primary sulfonamides is 1. The van der Waals surface area contributed by atoms with Gasteiger partial charge in [0.1, 0.15) is 0 Å². The van der Waals surface area contributed by atoms with Crippen LogP contribution in [0.1, 0.15) is 24.1 Å². The Labute approximate surface area is 136 Å². The molecule has 0 aromatic heterocycles. The Morgan fingerprint density at radius 2 is 1.91 bits per heavy atom. The minimum absolute atomic E-state index is 0.146. The molecule has 0 saturated carbocycles. The Hall–Kier alpha value is -1.40. The molecule has 6 heteroatoms. The fraction of sp³-hybridized carbons (Fsp3) is 0.250. The molecular formula is C16H19ClN2O2S. The van der Waals surface area contributed by atoms with Crippen molar-refractivity contribution < 1.29 is 8.42 Å². The van der Waals surface area contributed by atoms with E-state index in [0.29, 0.717) is 11.4 Å². The highest BCUT2D eigenvalue weighted by Crippen LogP contribution is 2.17. The van der Waals surface area contributed by atoms with E-state index in [-0.39, 0.29) is 10.9 Å². The van der Waals surface area contributed by atoms with Crippen LogP contribution in [0.5, 0.6) is 0 Å². The Balaban J connectivity index is 1.94. The van der Waals surface area contributed by atoms with Crippen LogP contribution in [0, 0.1) is 0 Å². The summed E-state index contributed by atoms with van der Waals surface area (Å²) in [5.41, 5.74) is 2.04. The number of rotatable bonds is 6. The molecule has 2 rings (SSSR count). The molecule has 0 saturated heterocycles. The molecule has 0 spiro atoms. The van der Waals surface area contributed by atoms with E-state index >= 15 is 0 Å². The van der Waals surface area contributed by atoms with Gasteiger partial charge < -0.3 is 5.32 Å². The molecule has 0 bridgehead atoms. The van der Waals surface area contributed by atoms with Gasteiger partial charge in [-0.1, -0.05) is 35.9 Å². The third-order valence-electron chi connectivity index (χ3n) is 3.44. The van der Waals surface area contributed by atoms with Crippen LogP contribution in [0.25, 0.3) is 0 Å². The van der Waals surface area contributed by atoms with Crippen LogP contribution in [-0.2, 0) is 16.4 Å². The lowest BCUT2D eigenvalue weighted by atomic mass is 10.1. The first kappa shape index (κ1) is 17.0. The molecule has 1 unspecified atom stereocenters. The quantitative estimate of drug-likeness (QED) is 0.850. The van der Waals surface area contributed by atoms with Gasteiger partial charge in [0.05, 0.1) is 4.90 Å². The van der Waals surface area contributed by atoms with E-state index in [1.165, 1.54) is 6.07 Å². The van der Waals surface area contributed by atoms with Crippen molar-refractivity contribution in [1.82, 2.24) is 5.32 Å². The summed E-state index contributed by atoms with van der Waals surface area (Å²) in [4.78, 5) is 0.146. The van der Waals surface area contributed by atoms with Gasteiger partial charge in [-0.2, -0.15) is 0 Å². The molecule has 0 heterocycles. The number of nitrogens with two attached hydrogens (primary N) is 1. The van der Waals surface area contributed by atoms with Crippen LogP contribution < -0.4 is 10.5 Å². The highest BCUT2D eigenvalue weighted by molar-refractivity contribution is 7.89. The fourth-order valence-corrected chi connectivity index (χ4v) is 2.99. The van der Waals surface area contributed by atoms with Gasteiger partial charge in [-0.25, -0.2) is 13.6 Å². The maximum Gasteiger partial charge on any atom is 0.238 e. The third-order valence-corrected chi connectivity index (χ3v) is 4.59. The predicted molar refractivity (Wildman–Crippen MR) is 89.4 cm³/mol. The van der Waals surface area contributed by atoms with E-state index in [1.807, 2.05) is 30.3 Å². The van der Waals surface area contributed by atoms with Crippen LogP contribution in [0.15, 0.2) is 53.4 Å². The van der Waals surface area contributed by atoms with Gasteiger partial charge in [0.25, 0.3) is 0 Å². The van der Waals surface area contributed by atoms with Gasteiger partial charge in [-0.05, 0) is 55.3 Å². The van der Waals surface area contributed by atoms with Crippen molar-refractivity contribution in [2.45, 2.75) is 24.3 Å². The lowest BCUT2D eigenvalue weighted by Crippen LogP contribution is -2.21. The second-order valence-corrected chi connectivity index (χ2v) is 7.17. The molecule has 0 aliphatic carbocycles. The summed E-state index contributed by atoms with van der Waals surface area (Å²) in [6.07, 6.45) is 0.717. The first-order valence-corrected chi connectivity index (χ1v) is 8.89. The summed E-state index contributed by atoms with van der Waals surface area (Å²) in [5.74, 6) is 0. The first-order chi connectivity index (χ1) is 10.4. The van der Waals surface area contributed by atoms with E-state index < -0.39 is 10.0 Å². The number of halogens is 1. The van der Waals surface area contributed by atoms with Crippen molar-refractivity contribution in [3.63, 3.8) is 0 Å². The Morgan fingerprint density at radius 1 is 1.18 bits per heavy atom. The largest absolute Gasteiger partial charge is 0.310 e. The van der Waals surface area contributed by atoms with Crippen molar-refractivity contribution in [2.75, 3.05) is 6.54 Å². The van der Waals surface area contributed by atoms with Crippen LogP contribution in [0.3, 0.4) is 0 Å². The second kappa shape index (κ2) is 7.24. The van der Waals surface area contributed by atoms with E-state index in [9.17, 15) is 8.42 Å². The van der Waals surface area contributed by atoms with Crippen molar-refractivity contribution in [1.29, 1.82) is 0 Å². The maximum absolute atomic E-state index is 11.3. The predicted octanol–water partition coefficient (Wildman–Crippen LogP) is 2.88. The molecular weight excluding hydrogens is 320 g/mol. The molecule has 0 aliphatic rings. The first-order valence-electron chi connectivity index (χ1n) is 6.97. The number of nitrogens with one attached hydrogen (secondary N) is 1. The highest BCUT2D eigenvalue weighted by atomic mass is 35.5. The van der Waals surface area contributed by atoms with E-state index in [1.54, 1.807) is 12.1 Å². The molecule has 0 amide bonds. The highest BCUT2D eigenvalue weighted by Gasteiger charge is 2.08. The van der Waals surface area contributed by atoms with Gasteiger partial charge in [0.15, 0.2) is 0 Å². The Kier molecular flexibility index (Phi) is 5.58. The molecule has 4 nitrogen and oxygen atoms in total. The molecule has 0 fully saturated rings. The standard InChI is InChI=1S/C16H19ClN2O2S/c1-12(14-5-3-6-15(17)11-14)19-9-8-13-4-2-7-16(10-13)22(18,20)21/h2-7,10-12,19H,8-9H2,1H3,(H2,18,20,21). The van der Waals surface area contributed by atoms with Crippen LogP contribution in [-0.4, -0.2) is 15.0 Å². The summed E-state index contributed by atoms with van der Waals surface area (Å²) in [6, 6.07) is 14.6. The minimum atomic E-state index is -3.65. The summed E-state index contributed by atoms with van der Waals surface area (Å²) in [6.45, 7) is 2.79. The molecule has 22 heavy (non-hydrogen) atoms. The van der Waals surface area contributed by atoms with E-state index in [2.05, 4.69) is 12.2 Å². The minimum Gasteiger partial charge on any atom is -0.310 e. The fourth-order valence-electron chi connectivity index (χ4n) is 2.20. The molecule has 2 aromatic rings. The molecule has 0 aliphatic heterocycles. The van der Waals surface area contributed by atoms with Crippen molar-refractivity contribution in [2.24, 2.45) is 5.14 Å². The third kappa shape index (κ3) is 4.81. The maximum atomic E-state index is 11.3. The van der Waals surface area contributed by atoms with Gasteiger partial charge in [0.2, 0.25) is 10.0 Å². The molecule has 2 aromatic carbocycles. The SMILES string of the molecule is CC(NCCc1cccc(S(N)(=O)=O)c1)c1cccc(Cl)c1. The normalized spacial score (nSPS) is 13.0. The topological polar surface area (TPSA) is 72.2 Å². The average Bonchev–Trinajstić information content (AvgIpc) is 2.46. The zero-order chi connectivity index (χ0) is 16.2. The van der Waals surface area contributed by atoms with Crippen LogP contribution in [0.2, 0.25) is 5.02 Å². The summed E-state index contributed by atoms with van der Waals surface area (Å²) in [5, 5.41) is 9.25. The average molecular weight is 339 g/mol. The molecule has 3 N–H and O–H groups in total. The van der Waals surface area contributed by atoms with Gasteiger partial charge in [-0.3, -0.25) is 0 Å². The second-order valence-electron chi connectivity index (χ2n) is 5.17. The smallest absolute Gasteiger partial charge is 0.238 e. The van der Waals surface area contributed by atoms with Crippen molar-refractivity contribution in [3.05, 3.63) is 64.7 Å². The zero-order valence-corrected chi connectivity index (χ0v) is 13.9. The lowest BCUT2D eigenvalue weighted by molar-refractivity contribution is 0.576. The summed E-state index contributed by atoms with van der Waals surface area (Å²) in [7, 11) is -3.65. The molecule has 0 radical (unpaired) electrons. The Morgan fingerprint density at radius 3 is 2.59 bits per heavy atom. The van der Waals surface area contributed by atoms with E-state index in [4.69, 9.17) is 16.7 Å². The molecule has 1 atom stereocenters. The number of benzene rings is 2. The summed E-state index contributed by atoms with van der Waals surface area (Å²) >= 11 is 5.98. The molecule has 118 valence electrons. The number of hydrogen-bond donors (Lipinski definition) is 2. The summed E-state index contributed by atoms with van der Waals surface area (Å²) < 4.78 is 22.7. The van der Waals surface area contributed by atoms with Gasteiger partial charge in [-0.15, -0.1) is 0 Å². The lowest BCUT2D eigenvalue weighted by Gasteiger charge is -2.14. The Bertz CT molecular complexity index is 747. The zero-order valence-electron chi connectivity index (χ0n) is 12.3. The van der Waals surface area contributed by atoms with Crippen LogP contribution in [0.4, 0.5) is 0 Å². The monoisotopic (exact) mass is 338 g/mol. The van der Waals surface area contributed by atoms with Gasteiger partial charge in [0, 0.05) is 11.1 Å². The van der Waals surface area contributed by atoms with Crippen molar-refractivity contribution in [3.8, 4) is 0 Å². The van der Waals surface area contributed by atoms with Gasteiger partial charge >= 0.3 is 0 Å². The van der Waals surface area contributed by atoms with Crippen molar-refractivity contribution >= 4 is 21.6 Å². The number of hydrogen-bond acceptors (Lipinski definition) is 3. The van der Waals surface area contributed by atoms with Crippen LogP contribution >= 0.6 is 11.6 Å². The van der Waals surface area contributed by atoms with E-state index in [0.717, 1.165) is 17.7 Å². The number of sulfonamides is 1.